The van der Waals surface area contributed by atoms with E-state index in [2.05, 4.69) is 53.5 Å². The van der Waals surface area contributed by atoms with Crippen LogP contribution >= 0.6 is 0 Å². The Morgan fingerprint density at radius 2 is 2.04 bits per heavy atom. The van der Waals surface area contributed by atoms with Crippen molar-refractivity contribution in [2.24, 2.45) is 0 Å². The van der Waals surface area contributed by atoms with E-state index in [1.807, 2.05) is 29.0 Å². The van der Waals surface area contributed by atoms with Crippen molar-refractivity contribution in [2.75, 3.05) is 0 Å². The molecule has 0 unspecified atom stereocenters. The van der Waals surface area contributed by atoms with Crippen LogP contribution in [0.4, 0.5) is 0 Å². The standard InChI is InChI=1S/C19H20N4/c1-13-7-14(2)17-9-16(22-18(17)8-13)12-20-10-15-11-21-23-6-4-3-5-19(15)23/h3-9,11,20,22H,10,12H2,1-2H3. The summed E-state index contributed by atoms with van der Waals surface area (Å²) < 4.78 is 1.91. The van der Waals surface area contributed by atoms with E-state index in [1.165, 1.54) is 33.3 Å². The van der Waals surface area contributed by atoms with Gasteiger partial charge in [0.05, 0.1) is 11.7 Å². The summed E-state index contributed by atoms with van der Waals surface area (Å²) in [5.41, 5.74) is 7.42. The average Bonchev–Trinajstić information content (AvgIpc) is 3.12. The highest BCUT2D eigenvalue weighted by Gasteiger charge is 2.06. The second kappa shape index (κ2) is 5.56. The second-order valence-electron chi connectivity index (χ2n) is 6.14. The van der Waals surface area contributed by atoms with Crippen LogP contribution in [0.5, 0.6) is 0 Å². The number of rotatable bonds is 4. The molecule has 0 saturated heterocycles. The number of pyridine rings is 1. The minimum atomic E-state index is 0.806. The van der Waals surface area contributed by atoms with Crippen LogP contribution in [-0.4, -0.2) is 14.6 Å². The molecule has 0 aliphatic heterocycles. The monoisotopic (exact) mass is 304 g/mol. The minimum Gasteiger partial charge on any atom is -0.357 e. The molecule has 0 saturated carbocycles. The fourth-order valence-corrected chi connectivity index (χ4v) is 3.21. The highest BCUT2D eigenvalue weighted by Crippen LogP contribution is 2.21. The summed E-state index contributed by atoms with van der Waals surface area (Å²) >= 11 is 0. The Morgan fingerprint density at radius 1 is 1.13 bits per heavy atom. The molecule has 0 atom stereocenters. The van der Waals surface area contributed by atoms with Gasteiger partial charge in [-0.3, -0.25) is 0 Å². The average molecular weight is 304 g/mol. The van der Waals surface area contributed by atoms with Gasteiger partial charge in [0.2, 0.25) is 0 Å². The lowest BCUT2D eigenvalue weighted by Crippen LogP contribution is -2.12. The number of aromatic nitrogens is 3. The second-order valence-corrected chi connectivity index (χ2v) is 6.14. The van der Waals surface area contributed by atoms with Gasteiger partial charge < -0.3 is 10.3 Å². The van der Waals surface area contributed by atoms with Crippen molar-refractivity contribution in [1.29, 1.82) is 0 Å². The van der Waals surface area contributed by atoms with Crippen molar-refractivity contribution in [1.82, 2.24) is 19.9 Å². The smallest absolute Gasteiger partial charge is 0.0706 e. The third-order valence-corrected chi connectivity index (χ3v) is 4.28. The Labute approximate surface area is 135 Å². The quantitative estimate of drug-likeness (QED) is 0.603. The number of aryl methyl sites for hydroxylation is 2. The first-order chi connectivity index (χ1) is 11.2. The fraction of sp³-hybridized carbons (Fsp3) is 0.211. The van der Waals surface area contributed by atoms with Gasteiger partial charge in [-0.2, -0.15) is 5.10 Å². The van der Waals surface area contributed by atoms with Gasteiger partial charge in [0.25, 0.3) is 0 Å². The van der Waals surface area contributed by atoms with Crippen LogP contribution in [0, 0.1) is 13.8 Å². The molecular formula is C19H20N4. The van der Waals surface area contributed by atoms with Crippen molar-refractivity contribution in [3.05, 3.63) is 71.2 Å². The lowest BCUT2D eigenvalue weighted by molar-refractivity contribution is 0.686. The van der Waals surface area contributed by atoms with E-state index >= 15 is 0 Å². The summed E-state index contributed by atoms with van der Waals surface area (Å²) in [4.78, 5) is 3.51. The SMILES string of the molecule is Cc1cc(C)c2cc(CNCc3cnn4ccccc34)[nH]c2c1. The maximum Gasteiger partial charge on any atom is 0.0706 e. The Morgan fingerprint density at radius 3 is 2.96 bits per heavy atom. The molecule has 23 heavy (non-hydrogen) atoms. The lowest BCUT2D eigenvalue weighted by atomic mass is 10.1. The van der Waals surface area contributed by atoms with Crippen molar-refractivity contribution in [3.8, 4) is 0 Å². The molecule has 0 bridgehead atoms. The van der Waals surface area contributed by atoms with Gasteiger partial charge in [-0.1, -0.05) is 12.1 Å². The molecule has 1 aromatic carbocycles. The summed E-state index contributed by atoms with van der Waals surface area (Å²) in [5, 5.41) is 9.18. The number of nitrogens with one attached hydrogen (secondary N) is 2. The maximum atomic E-state index is 4.37. The third kappa shape index (κ3) is 2.62. The zero-order valence-electron chi connectivity index (χ0n) is 13.4. The molecule has 4 heteroatoms. The summed E-state index contributed by atoms with van der Waals surface area (Å²) in [6.45, 7) is 5.92. The molecule has 2 N–H and O–H groups in total. The molecule has 4 rings (SSSR count). The highest BCUT2D eigenvalue weighted by molar-refractivity contribution is 5.84. The zero-order chi connectivity index (χ0) is 15.8. The fourth-order valence-electron chi connectivity index (χ4n) is 3.21. The van der Waals surface area contributed by atoms with Crippen LogP contribution in [0.15, 0.2) is 48.8 Å². The molecule has 0 aliphatic rings. The van der Waals surface area contributed by atoms with Crippen LogP contribution in [-0.2, 0) is 13.1 Å². The first-order valence-electron chi connectivity index (χ1n) is 7.91. The normalized spacial score (nSPS) is 11.6. The van der Waals surface area contributed by atoms with E-state index in [0.717, 1.165) is 18.6 Å². The predicted molar refractivity (Wildman–Crippen MR) is 93.5 cm³/mol. The summed E-state index contributed by atoms with van der Waals surface area (Å²) in [6, 6.07) is 12.8. The number of H-pyrrole nitrogens is 1. The lowest BCUT2D eigenvalue weighted by Gasteiger charge is -2.02. The molecule has 4 aromatic rings. The number of fused-ring (bicyclic) bond motifs is 2. The minimum absolute atomic E-state index is 0.806. The van der Waals surface area contributed by atoms with E-state index < -0.39 is 0 Å². The van der Waals surface area contributed by atoms with E-state index in [4.69, 9.17) is 0 Å². The van der Waals surface area contributed by atoms with Gasteiger partial charge in [0.15, 0.2) is 0 Å². The Bertz CT molecular complexity index is 978. The number of hydrogen-bond donors (Lipinski definition) is 2. The molecule has 4 nitrogen and oxygen atoms in total. The van der Waals surface area contributed by atoms with Crippen molar-refractivity contribution in [3.63, 3.8) is 0 Å². The van der Waals surface area contributed by atoms with Crippen LogP contribution in [0.3, 0.4) is 0 Å². The summed E-state index contributed by atoms with van der Waals surface area (Å²) in [5.74, 6) is 0. The van der Waals surface area contributed by atoms with Gasteiger partial charge in [-0.15, -0.1) is 0 Å². The van der Waals surface area contributed by atoms with Crippen molar-refractivity contribution < 1.29 is 0 Å². The van der Waals surface area contributed by atoms with Crippen LogP contribution in [0.25, 0.3) is 16.4 Å². The van der Waals surface area contributed by atoms with Crippen molar-refractivity contribution >= 4 is 16.4 Å². The maximum absolute atomic E-state index is 4.37. The van der Waals surface area contributed by atoms with Gasteiger partial charge in [0, 0.05) is 41.4 Å². The van der Waals surface area contributed by atoms with Crippen molar-refractivity contribution in [2.45, 2.75) is 26.9 Å². The molecule has 0 fully saturated rings. The zero-order valence-corrected chi connectivity index (χ0v) is 13.4. The van der Waals surface area contributed by atoms with E-state index in [9.17, 15) is 0 Å². The Balaban J connectivity index is 1.50. The van der Waals surface area contributed by atoms with Gasteiger partial charge >= 0.3 is 0 Å². The van der Waals surface area contributed by atoms with E-state index in [-0.39, 0.29) is 0 Å². The van der Waals surface area contributed by atoms with Crippen LogP contribution in [0.2, 0.25) is 0 Å². The van der Waals surface area contributed by atoms with Gasteiger partial charge in [-0.25, -0.2) is 4.52 Å². The van der Waals surface area contributed by atoms with E-state index in [0.29, 0.717) is 0 Å². The topological polar surface area (TPSA) is 45.1 Å². The Hall–Kier alpha value is -2.59. The molecule has 116 valence electrons. The third-order valence-electron chi connectivity index (χ3n) is 4.28. The first-order valence-corrected chi connectivity index (χ1v) is 7.91. The predicted octanol–water partition coefficient (Wildman–Crippen LogP) is 3.72. The van der Waals surface area contributed by atoms with Crippen LogP contribution < -0.4 is 5.32 Å². The van der Waals surface area contributed by atoms with Gasteiger partial charge in [-0.05, 0) is 49.2 Å². The molecule has 3 aromatic heterocycles. The number of aromatic amines is 1. The van der Waals surface area contributed by atoms with Crippen LogP contribution in [0.1, 0.15) is 22.4 Å². The van der Waals surface area contributed by atoms with Gasteiger partial charge in [0.1, 0.15) is 0 Å². The molecule has 3 heterocycles. The van der Waals surface area contributed by atoms with E-state index in [1.54, 1.807) is 0 Å². The number of hydrogen-bond acceptors (Lipinski definition) is 2. The summed E-state index contributed by atoms with van der Waals surface area (Å²) in [6.07, 6.45) is 3.91. The first kappa shape index (κ1) is 14.0. The molecule has 0 spiro atoms. The molecular weight excluding hydrogens is 284 g/mol. The highest BCUT2D eigenvalue weighted by atomic mass is 15.2. The number of benzene rings is 1. The molecule has 0 aliphatic carbocycles. The number of nitrogens with zero attached hydrogens (tertiary/aromatic N) is 2. The largest absolute Gasteiger partial charge is 0.357 e. The molecule has 0 amide bonds. The Kier molecular flexibility index (Phi) is 3.39. The molecule has 0 radical (unpaired) electrons. The summed E-state index contributed by atoms with van der Waals surface area (Å²) in [7, 11) is 0.